The maximum atomic E-state index is 15.4. The van der Waals surface area contributed by atoms with Crippen LogP contribution in [0.4, 0.5) is 0 Å². The molecule has 100 heavy (non-hydrogen) atoms. The number of fused-ring (bicyclic) bond motifs is 1. The number of aromatic amines is 1. The van der Waals surface area contributed by atoms with Crippen molar-refractivity contribution >= 4 is 103 Å². The van der Waals surface area contributed by atoms with Gasteiger partial charge < -0.3 is 67.7 Å². The van der Waals surface area contributed by atoms with Gasteiger partial charge in [-0.15, -0.1) is 0 Å². The Bertz CT molecular complexity index is 3400. The number of para-hydroxylation sites is 1. The molecule has 4 amide bonds. The number of carboxylic acid groups (broad SMARTS) is 4. The Labute approximate surface area is 587 Å². The zero-order chi connectivity index (χ0) is 73.0. The van der Waals surface area contributed by atoms with Crippen LogP contribution in [0.15, 0.2) is 85.1 Å². The number of rotatable bonds is 28. The van der Waals surface area contributed by atoms with Gasteiger partial charge >= 0.3 is 23.9 Å². The normalized spacial score (nSPS) is 22.1. The molecule has 29 nitrogen and oxygen atoms in total. The summed E-state index contributed by atoms with van der Waals surface area (Å²) in [5.41, 5.74) is 8.27. The largest absolute Gasteiger partial charge is 0.508 e. The van der Waals surface area contributed by atoms with E-state index in [9.17, 15) is 74.1 Å². The first kappa shape index (κ1) is 80.8. The number of nitrogens with two attached hydrogens (primary N) is 1. The van der Waals surface area contributed by atoms with Crippen molar-refractivity contribution in [2.75, 3.05) is 96.6 Å². The van der Waals surface area contributed by atoms with E-state index in [2.05, 4.69) is 26.3 Å². The molecule has 546 valence electrons. The molecule has 1 aromatic heterocycles. The summed E-state index contributed by atoms with van der Waals surface area (Å²) < 4.78 is 0. The monoisotopic (exact) mass is 1430 g/mol. The lowest BCUT2D eigenvalue weighted by molar-refractivity contribution is -0.148. The summed E-state index contributed by atoms with van der Waals surface area (Å²) in [6, 6.07) is 16.1. The summed E-state index contributed by atoms with van der Waals surface area (Å²) in [6.45, 7) is 1.86. The summed E-state index contributed by atoms with van der Waals surface area (Å²) in [5.74, 6) is -17.5. The summed E-state index contributed by atoms with van der Waals surface area (Å²) in [5, 5.41) is 83.2. The second kappa shape index (κ2) is 40.9. The highest BCUT2D eigenvalue weighted by Gasteiger charge is 2.39. The van der Waals surface area contributed by atoms with Crippen LogP contribution in [0.1, 0.15) is 75.5 Å². The van der Waals surface area contributed by atoms with Crippen molar-refractivity contribution in [1.82, 2.24) is 45.9 Å². The van der Waals surface area contributed by atoms with E-state index in [1.165, 1.54) is 38.1 Å². The molecule has 3 aromatic carbocycles. The first-order chi connectivity index (χ1) is 47.7. The minimum atomic E-state index is -1.63. The third-order valence-corrected chi connectivity index (χ3v) is 20.3. The molecule has 0 spiro atoms. The minimum Gasteiger partial charge on any atom is -0.508 e. The molecule has 0 saturated carbocycles. The van der Waals surface area contributed by atoms with Crippen LogP contribution >= 0.6 is 21.6 Å². The molecule has 0 radical (unpaired) electrons. The van der Waals surface area contributed by atoms with Crippen LogP contribution in [0.25, 0.3) is 10.9 Å². The van der Waals surface area contributed by atoms with Crippen LogP contribution in [-0.4, -0.2) is 264 Å². The number of H-pyrrole nitrogens is 1. The maximum Gasteiger partial charge on any atom is 0.317 e. The first-order valence-electron chi connectivity index (χ1n) is 33.4. The Morgan fingerprint density at radius 2 is 1.15 bits per heavy atom. The van der Waals surface area contributed by atoms with E-state index in [0.717, 1.165) is 32.5 Å². The van der Waals surface area contributed by atoms with Gasteiger partial charge in [0.2, 0.25) is 23.6 Å². The van der Waals surface area contributed by atoms with Crippen molar-refractivity contribution in [2.24, 2.45) is 29.4 Å². The molecule has 2 aliphatic rings. The molecule has 31 heteroatoms. The quantitative estimate of drug-likeness (QED) is 0.0278. The lowest BCUT2D eigenvalue weighted by Gasteiger charge is -2.33. The van der Waals surface area contributed by atoms with Crippen molar-refractivity contribution < 1.29 is 93.3 Å². The molecule has 0 aliphatic carbocycles. The van der Waals surface area contributed by atoms with E-state index >= 15 is 19.2 Å². The number of phenolic OH excluding ortho intramolecular Hbond substituents is 1. The van der Waals surface area contributed by atoms with Crippen molar-refractivity contribution in [2.45, 2.75) is 114 Å². The number of carbonyl (C=O) groups excluding carboxylic acids is 8. The molecular weight excluding hydrogens is 1340 g/mol. The van der Waals surface area contributed by atoms with Gasteiger partial charge in [-0.1, -0.05) is 82.3 Å². The Kier molecular flexibility index (Phi) is 33.1. The van der Waals surface area contributed by atoms with Crippen molar-refractivity contribution in [1.29, 1.82) is 0 Å². The Balaban J connectivity index is 1.41. The summed E-state index contributed by atoms with van der Waals surface area (Å²) in [4.78, 5) is 177. The number of unbranched alkanes of at least 4 members (excludes halogenated alkanes) is 1. The summed E-state index contributed by atoms with van der Waals surface area (Å²) in [6.07, 6.45) is -3.56. The van der Waals surface area contributed by atoms with Gasteiger partial charge in [0.15, 0.2) is 23.1 Å². The highest BCUT2D eigenvalue weighted by Crippen LogP contribution is 2.30. The van der Waals surface area contributed by atoms with Gasteiger partial charge in [-0.3, -0.25) is 77.1 Å². The fourth-order valence-corrected chi connectivity index (χ4v) is 14.6. The standard InChI is InChI=1S/C69H94N10O19S2/c1-42(80)51-33-60(85)54(14-8-9-19-70)73-66(94)46(30-47-35-71-53-13-7-6-12-50(47)53)31-58(83)56(29-45-15-17-49(82)18-16-45)74-67(95)48(40-99-100-41-57(75-68(51)96)61(86)34-52(43(2)81)69(97)98)32-59(84)55(28-44-10-4-3-5-11-44)72-62(87)36-76-20-22-77(37-63(88)89)24-26-79(39-65(92)93)27-25-78(23-21-76)38-64(90)91/h3-7,10-13,15-18,35,42-43,46,48,51-52,54-57,71,80-82H,8-9,14,19-34,36-41,70H2,1-2H3,(H,72,87)(H,73,94)(H,74,95)(H,75,96)(H,88,89)(H,90,91)(H,92,93)(H,97,98)/t42?,43?,46?,48-,51-,52-,54-,55+,56-,57-/m0/s1. The third-order valence-electron chi connectivity index (χ3n) is 17.8. The Morgan fingerprint density at radius 1 is 0.610 bits per heavy atom. The number of nitrogens with one attached hydrogen (secondary N) is 5. The molecule has 2 fully saturated rings. The lowest BCUT2D eigenvalue weighted by Crippen LogP contribution is -2.52. The second-order valence-electron chi connectivity index (χ2n) is 25.7. The predicted octanol–water partition coefficient (Wildman–Crippen LogP) is 0.988. The molecule has 10 atom stereocenters. The zero-order valence-electron chi connectivity index (χ0n) is 56.2. The van der Waals surface area contributed by atoms with Crippen LogP contribution in [0, 0.1) is 23.7 Å². The summed E-state index contributed by atoms with van der Waals surface area (Å²) >= 11 is 0. The third kappa shape index (κ3) is 27.1. The number of aromatic nitrogens is 1. The zero-order valence-corrected chi connectivity index (χ0v) is 57.9. The van der Waals surface area contributed by atoms with Gasteiger partial charge in [0.05, 0.1) is 80.3 Å². The minimum absolute atomic E-state index is 0.0195. The number of aliphatic hydroxyl groups excluding tert-OH is 2. The number of amides is 4. The van der Waals surface area contributed by atoms with E-state index in [1.54, 1.807) is 62.2 Å². The Morgan fingerprint density at radius 3 is 1.71 bits per heavy atom. The number of aliphatic hydroxyl groups is 2. The molecule has 14 N–H and O–H groups in total. The average Bonchev–Trinajstić information content (AvgIpc) is 1.59. The van der Waals surface area contributed by atoms with Crippen LogP contribution in [0.3, 0.4) is 0 Å². The molecule has 4 aromatic rings. The van der Waals surface area contributed by atoms with Gasteiger partial charge in [-0.25, -0.2) is 0 Å². The molecule has 3 heterocycles. The number of hydrogen-bond donors (Lipinski definition) is 13. The van der Waals surface area contributed by atoms with Gasteiger partial charge in [-0.2, -0.15) is 0 Å². The highest BCUT2D eigenvalue weighted by molar-refractivity contribution is 8.76. The van der Waals surface area contributed by atoms with E-state index in [-0.39, 0.29) is 115 Å². The van der Waals surface area contributed by atoms with Gasteiger partial charge in [0, 0.05) is 113 Å². The number of aromatic hydroxyl groups is 1. The van der Waals surface area contributed by atoms with E-state index in [0.29, 0.717) is 29.5 Å². The number of phenols is 1. The number of Topliss-reactive ketones (excluding diaryl/α,β-unsaturated/α-hetero) is 4. The highest BCUT2D eigenvalue weighted by atomic mass is 33.1. The SMILES string of the molecule is CC(O)[C@H](CC(=O)[C@@H]1CSSC[C@H](CC(=O)[C@@H](Cc2ccccc2)NC(=O)CN2CCN(CC(=O)O)CCN(CC(=O)O)CCN(CC(=O)O)CC2)C(=O)N[C@@H](Cc2ccc(O)cc2)C(=O)CC(Cc2c[nH]c3ccccc23)C(=O)N[C@@H](CCCCN)C(=O)C[C@@H](C(C)O)C(=O)N1)C(=O)O. The Hall–Kier alpha value is -8.14. The average molecular weight is 1430 g/mol. The van der Waals surface area contributed by atoms with Crippen molar-refractivity contribution in [3.8, 4) is 5.75 Å². The lowest BCUT2D eigenvalue weighted by atomic mass is 9.87. The molecule has 6 rings (SSSR count). The van der Waals surface area contributed by atoms with Crippen molar-refractivity contribution in [3.63, 3.8) is 0 Å². The van der Waals surface area contributed by atoms with Gasteiger partial charge in [0.1, 0.15) is 5.75 Å². The van der Waals surface area contributed by atoms with Crippen LogP contribution in [0.5, 0.6) is 5.75 Å². The van der Waals surface area contributed by atoms with E-state index in [4.69, 9.17) is 5.73 Å². The number of carbonyl (C=O) groups is 12. The van der Waals surface area contributed by atoms with Crippen LogP contribution in [0.2, 0.25) is 0 Å². The van der Waals surface area contributed by atoms with E-state index in [1.807, 2.05) is 18.2 Å². The fourth-order valence-electron chi connectivity index (χ4n) is 12.0. The molecule has 3 unspecified atom stereocenters. The smallest absolute Gasteiger partial charge is 0.317 e. The number of aliphatic carboxylic acids is 4. The predicted molar refractivity (Wildman–Crippen MR) is 372 cm³/mol. The summed E-state index contributed by atoms with van der Waals surface area (Å²) in [7, 11) is 1.89. The number of nitrogens with zero attached hydrogens (tertiary/aromatic N) is 4. The second-order valence-corrected chi connectivity index (χ2v) is 28.2. The molecule has 2 aliphatic heterocycles. The number of ketones is 4. The number of carboxylic acids is 4. The molecule has 2 saturated heterocycles. The number of benzene rings is 3. The van der Waals surface area contributed by atoms with Crippen LogP contribution in [-0.2, 0) is 76.8 Å². The first-order valence-corrected chi connectivity index (χ1v) is 35.9. The fraction of sp³-hybridized carbons (Fsp3) is 0.536. The van der Waals surface area contributed by atoms with Crippen molar-refractivity contribution in [3.05, 3.63) is 102 Å². The number of hydrogen-bond acceptors (Lipinski definition) is 22. The topological polar surface area (TPSA) is 449 Å². The molecular formula is C69H94N10O19S2. The van der Waals surface area contributed by atoms with Gasteiger partial charge in [-0.05, 0) is 93.8 Å². The van der Waals surface area contributed by atoms with Crippen LogP contribution < -0.4 is 27.0 Å². The van der Waals surface area contributed by atoms with Gasteiger partial charge in [0.25, 0.3) is 0 Å². The van der Waals surface area contributed by atoms with E-state index < -0.39 is 169 Å². The maximum absolute atomic E-state index is 15.4. The molecule has 0 bridgehead atoms.